The zero-order valence-corrected chi connectivity index (χ0v) is 11.3. The topological polar surface area (TPSA) is 38.9 Å². The van der Waals surface area contributed by atoms with E-state index in [2.05, 4.69) is 44.0 Å². The third-order valence-corrected chi connectivity index (χ3v) is 3.80. The number of rotatable bonds is 3. The molecule has 0 aliphatic heterocycles. The van der Waals surface area contributed by atoms with Crippen molar-refractivity contribution in [2.45, 2.75) is 26.7 Å². The summed E-state index contributed by atoms with van der Waals surface area (Å²) in [6, 6.07) is 8.44. The smallest absolute Gasteiger partial charge is 0.0306 e. The van der Waals surface area contributed by atoms with Crippen LogP contribution < -0.4 is 5.73 Å². The second-order valence-electron chi connectivity index (χ2n) is 4.80. The van der Waals surface area contributed by atoms with Gasteiger partial charge in [-0.15, -0.1) is 0 Å². The lowest BCUT2D eigenvalue weighted by Gasteiger charge is -2.20. The zero-order chi connectivity index (χ0) is 13.1. The fourth-order valence-corrected chi connectivity index (χ4v) is 2.38. The van der Waals surface area contributed by atoms with Crippen molar-refractivity contribution in [1.29, 1.82) is 0 Å². The SMILES string of the molecule is Cc1ccc(C(CN)c2cccnc2)c(C)c1C. The van der Waals surface area contributed by atoms with Gasteiger partial charge in [0.25, 0.3) is 0 Å². The quantitative estimate of drug-likeness (QED) is 0.895. The molecule has 2 N–H and O–H groups in total. The molecule has 1 aromatic heterocycles. The lowest BCUT2D eigenvalue weighted by molar-refractivity contribution is 0.804. The number of hydrogen-bond donors (Lipinski definition) is 1. The van der Waals surface area contributed by atoms with Gasteiger partial charge in [0.2, 0.25) is 0 Å². The van der Waals surface area contributed by atoms with Crippen molar-refractivity contribution >= 4 is 0 Å². The number of nitrogens with two attached hydrogens (primary N) is 1. The van der Waals surface area contributed by atoms with Crippen LogP contribution in [-0.4, -0.2) is 11.5 Å². The Morgan fingerprint density at radius 1 is 1.11 bits per heavy atom. The molecule has 0 saturated heterocycles. The van der Waals surface area contributed by atoms with E-state index in [0.717, 1.165) is 0 Å². The molecule has 2 heteroatoms. The molecule has 1 atom stereocenters. The summed E-state index contributed by atoms with van der Waals surface area (Å²) in [5, 5.41) is 0. The third kappa shape index (κ3) is 2.29. The first-order valence-corrected chi connectivity index (χ1v) is 6.31. The van der Waals surface area contributed by atoms with E-state index >= 15 is 0 Å². The van der Waals surface area contributed by atoms with Gasteiger partial charge in [-0.25, -0.2) is 0 Å². The maximum atomic E-state index is 5.97. The predicted octanol–water partition coefficient (Wildman–Crippen LogP) is 3.10. The van der Waals surface area contributed by atoms with E-state index < -0.39 is 0 Å². The number of benzene rings is 1. The summed E-state index contributed by atoms with van der Waals surface area (Å²) in [5.41, 5.74) is 12.5. The maximum absolute atomic E-state index is 5.97. The lowest BCUT2D eigenvalue weighted by atomic mass is 9.86. The monoisotopic (exact) mass is 240 g/mol. The highest BCUT2D eigenvalue weighted by Crippen LogP contribution is 2.28. The predicted molar refractivity (Wildman–Crippen MR) is 75.8 cm³/mol. The Morgan fingerprint density at radius 2 is 1.89 bits per heavy atom. The van der Waals surface area contributed by atoms with Gasteiger partial charge in [0.15, 0.2) is 0 Å². The highest BCUT2D eigenvalue weighted by Gasteiger charge is 2.16. The number of nitrogens with zero attached hydrogens (tertiary/aromatic N) is 1. The van der Waals surface area contributed by atoms with Gasteiger partial charge >= 0.3 is 0 Å². The molecule has 94 valence electrons. The summed E-state index contributed by atoms with van der Waals surface area (Å²) in [5.74, 6) is 0.234. The zero-order valence-electron chi connectivity index (χ0n) is 11.3. The summed E-state index contributed by atoms with van der Waals surface area (Å²) in [6.45, 7) is 7.10. The molecular formula is C16H20N2. The van der Waals surface area contributed by atoms with E-state index in [1.54, 1.807) is 6.20 Å². The molecule has 18 heavy (non-hydrogen) atoms. The number of aromatic nitrogens is 1. The molecule has 0 aliphatic carbocycles. The average Bonchev–Trinajstić information content (AvgIpc) is 2.41. The summed E-state index contributed by atoms with van der Waals surface area (Å²) in [7, 11) is 0. The summed E-state index contributed by atoms with van der Waals surface area (Å²) >= 11 is 0. The van der Waals surface area contributed by atoms with Gasteiger partial charge in [-0.2, -0.15) is 0 Å². The Balaban J connectivity index is 2.50. The van der Waals surface area contributed by atoms with E-state index in [9.17, 15) is 0 Å². The van der Waals surface area contributed by atoms with Crippen LogP contribution in [-0.2, 0) is 0 Å². The molecule has 0 bridgehead atoms. The molecule has 0 amide bonds. The molecule has 1 heterocycles. The van der Waals surface area contributed by atoms with Crippen LogP contribution in [0.15, 0.2) is 36.7 Å². The molecule has 0 fully saturated rings. The van der Waals surface area contributed by atoms with Gasteiger partial charge in [-0.05, 0) is 54.7 Å². The van der Waals surface area contributed by atoms with Crippen molar-refractivity contribution in [1.82, 2.24) is 4.98 Å². The first-order valence-electron chi connectivity index (χ1n) is 6.31. The van der Waals surface area contributed by atoms with Crippen LogP contribution in [0.1, 0.15) is 33.7 Å². The highest BCUT2D eigenvalue weighted by molar-refractivity contribution is 5.44. The van der Waals surface area contributed by atoms with Crippen LogP contribution in [0.3, 0.4) is 0 Å². The first-order chi connectivity index (χ1) is 8.65. The van der Waals surface area contributed by atoms with Crippen LogP contribution >= 0.6 is 0 Å². The average molecular weight is 240 g/mol. The number of hydrogen-bond acceptors (Lipinski definition) is 2. The third-order valence-electron chi connectivity index (χ3n) is 3.80. The van der Waals surface area contributed by atoms with E-state index in [4.69, 9.17) is 5.73 Å². The summed E-state index contributed by atoms with van der Waals surface area (Å²) in [6.07, 6.45) is 3.70. The molecule has 2 rings (SSSR count). The minimum Gasteiger partial charge on any atom is -0.330 e. The van der Waals surface area contributed by atoms with E-state index in [1.807, 2.05) is 12.3 Å². The maximum Gasteiger partial charge on any atom is 0.0306 e. The van der Waals surface area contributed by atoms with Gasteiger partial charge in [0.1, 0.15) is 0 Å². The second kappa shape index (κ2) is 5.32. The Hall–Kier alpha value is -1.67. The van der Waals surface area contributed by atoms with Gasteiger partial charge in [-0.3, -0.25) is 4.98 Å². The summed E-state index contributed by atoms with van der Waals surface area (Å²) < 4.78 is 0. The van der Waals surface area contributed by atoms with E-state index in [0.29, 0.717) is 6.54 Å². The van der Waals surface area contributed by atoms with Crippen molar-refractivity contribution in [3.8, 4) is 0 Å². The first kappa shape index (κ1) is 12.8. The Labute approximate surface area is 109 Å². The van der Waals surface area contributed by atoms with Crippen molar-refractivity contribution in [3.05, 3.63) is 64.5 Å². The van der Waals surface area contributed by atoms with Crippen molar-refractivity contribution in [2.75, 3.05) is 6.54 Å². The highest BCUT2D eigenvalue weighted by atomic mass is 14.6. The van der Waals surface area contributed by atoms with Gasteiger partial charge < -0.3 is 5.73 Å². The number of aryl methyl sites for hydroxylation is 1. The standard InChI is InChI=1S/C16H20N2/c1-11-6-7-15(13(3)12(11)2)16(9-17)14-5-4-8-18-10-14/h4-8,10,16H,9,17H2,1-3H3. The van der Waals surface area contributed by atoms with Crippen molar-refractivity contribution in [3.63, 3.8) is 0 Å². The molecule has 2 nitrogen and oxygen atoms in total. The second-order valence-corrected chi connectivity index (χ2v) is 4.80. The Bertz CT molecular complexity index is 532. The van der Waals surface area contributed by atoms with Crippen LogP contribution in [0.5, 0.6) is 0 Å². The van der Waals surface area contributed by atoms with Crippen LogP contribution in [0.4, 0.5) is 0 Å². The van der Waals surface area contributed by atoms with Crippen LogP contribution in [0.25, 0.3) is 0 Å². The largest absolute Gasteiger partial charge is 0.330 e. The summed E-state index contributed by atoms with van der Waals surface area (Å²) in [4.78, 5) is 4.19. The van der Waals surface area contributed by atoms with Gasteiger partial charge in [-0.1, -0.05) is 18.2 Å². The van der Waals surface area contributed by atoms with Gasteiger partial charge in [0.05, 0.1) is 0 Å². The molecule has 0 spiro atoms. The van der Waals surface area contributed by atoms with Crippen LogP contribution in [0.2, 0.25) is 0 Å². The molecule has 0 saturated carbocycles. The minimum atomic E-state index is 0.234. The molecule has 1 unspecified atom stereocenters. The van der Waals surface area contributed by atoms with E-state index in [1.165, 1.54) is 27.8 Å². The van der Waals surface area contributed by atoms with Crippen molar-refractivity contribution in [2.24, 2.45) is 5.73 Å². The molecule has 2 aromatic rings. The molecule has 1 aromatic carbocycles. The molecule has 0 radical (unpaired) electrons. The molecular weight excluding hydrogens is 220 g/mol. The normalized spacial score (nSPS) is 12.4. The minimum absolute atomic E-state index is 0.234. The Morgan fingerprint density at radius 3 is 2.50 bits per heavy atom. The fourth-order valence-electron chi connectivity index (χ4n) is 2.38. The van der Waals surface area contributed by atoms with Crippen molar-refractivity contribution < 1.29 is 0 Å². The van der Waals surface area contributed by atoms with E-state index in [-0.39, 0.29) is 5.92 Å². The number of pyridine rings is 1. The van der Waals surface area contributed by atoms with Crippen LogP contribution in [0, 0.1) is 20.8 Å². The fraction of sp³-hybridized carbons (Fsp3) is 0.312. The molecule has 0 aliphatic rings. The lowest BCUT2D eigenvalue weighted by Crippen LogP contribution is -2.15. The Kier molecular flexibility index (Phi) is 3.78. The van der Waals surface area contributed by atoms with Gasteiger partial charge in [0, 0.05) is 24.9 Å².